The van der Waals surface area contributed by atoms with Crippen molar-refractivity contribution in [2.75, 3.05) is 6.61 Å². The molecule has 0 amide bonds. The van der Waals surface area contributed by atoms with Crippen LogP contribution in [0.5, 0.6) is 0 Å². The molecule has 0 aromatic heterocycles. The first-order valence-electron chi connectivity index (χ1n) is 2.60. The molecule has 0 atom stereocenters. The zero-order valence-corrected chi connectivity index (χ0v) is 5.51. The van der Waals surface area contributed by atoms with Gasteiger partial charge in [0.05, 0.1) is 6.61 Å². The highest BCUT2D eigenvalue weighted by Gasteiger charge is 2.02. The summed E-state index contributed by atoms with van der Waals surface area (Å²) in [5.74, 6) is -0.971. The number of hydrogen-bond acceptors (Lipinski definition) is 2. The van der Waals surface area contributed by atoms with Crippen molar-refractivity contribution >= 4 is 5.97 Å². The van der Waals surface area contributed by atoms with Gasteiger partial charge in [0.25, 0.3) is 0 Å². The van der Waals surface area contributed by atoms with Gasteiger partial charge < -0.3 is 10.2 Å². The molecule has 0 fully saturated rings. The Kier molecular flexibility index (Phi) is 2.95. The summed E-state index contributed by atoms with van der Waals surface area (Å²) < 4.78 is 0. The summed E-state index contributed by atoms with van der Waals surface area (Å²) in [5, 5.41) is 16.7. The summed E-state index contributed by atoms with van der Waals surface area (Å²) in [6.45, 7) is 2.87. The number of aliphatic carboxylic acids is 1. The molecule has 0 unspecified atom stereocenters. The Morgan fingerprint density at radius 1 is 1.44 bits per heavy atom. The van der Waals surface area contributed by atoms with Gasteiger partial charge in [-0.25, -0.2) is 4.79 Å². The number of carboxylic acids is 1. The van der Waals surface area contributed by atoms with Gasteiger partial charge in [0, 0.05) is 5.57 Å². The SMILES string of the molecule is C/C(CO)=C(/C)C(=O)O. The van der Waals surface area contributed by atoms with Crippen molar-refractivity contribution in [1.82, 2.24) is 0 Å². The first-order chi connectivity index (χ1) is 4.09. The molecule has 0 rings (SSSR count). The molecule has 0 bridgehead atoms. The fourth-order valence-corrected chi connectivity index (χ4v) is 0.301. The molecule has 0 aromatic rings. The van der Waals surface area contributed by atoms with E-state index in [2.05, 4.69) is 0 Å². The summed E-state index contributed by atoms with van der Waals surface area (Å²) in [4.78, 5) is 10.1. The zero-order chi connectivity index (χ0) is 7.44. The van der Waals surface area contributed by atoms with Crippen LogP contribution < -0.4 is 0 Å². The molecule has 0 aliphatic heterocycles. The Morgan fingerprint density at radius 2 is 1.89 bits per heavy atom. The summed E-state index contributed by atoms with van der Waals surface area (Å²) in [7, 11) is 0. The van der Waals surface area contributed by atoms with E-state index >= 15 is 0 Å². The number of aliphatic hydroxyl groups excluding tert-OH is 1. The van der Waals surface area contributed by atoms with E-state index in [0.717, 1.165) is 0 Å². The number of carbonyl (C=O) groups is 1. The van der Waals surface area contributed by atoms with Crippen molar-refractivity contribution in [2.24, 2.45) is 0 Å². The number of carboxylic acid groups (broad SMARTS) is 1. The molecule has 0 radical (unpaired) electrons. The van der Waals surface area contributed by atoms with E-state index in [0.29, 0.717) is 5.57 Å². The average molecular weight is 130 g/mol. The fraction of sp³-hybridized carbons (Fsp3) is 0.500. The summed E-state index contributed by atoms with van der Waals surface area (Å²) in [5.41, 5.74) is 0.722. The highest BCUT2D eigenvalue weighted by Crippen LogP contribution is 2.00. The monoisotopic (exact) mass is 130 g/mol. The summed E-state index contributed by atoms with van der Waals surface area (Å²) >= 11 is 0. The maximum atomic E-state index is 10.1. The van der Waals surface area contributed by atoms with Crippen LogP contribution in [0.3, 0.4) is 0 Å². The molecular formula is C6H10O3. The minimum atomic E-state index is -0.971. The Balaban J connectivity index is 4.28. The molecule has 0 saturated heterocycles. The maximum absolute atomic E-state index is 10.1. The van der Waals surface area contributed by atoms with Crippen LogP contribution in [0.15, 0.2) is 11.1 Å². The molecule has 0 heterocycles. The van der Waals surface area contributed by atoms with E-state index in [-0.39, 0.29) is 12.2 Å². The summed E-state index contributed by atoms with van der Waals surface area (Å²) in [6, 6.07) is 0. The molecule has 0 aliphatic rings. The van der Waals surface area contributed by atoms with Crippen molar-refractivity contribution in [2.45, 2.75) is 13.8 Å². The van der Waals surface area contributed by atoms with Crippen LogP contribution in [0.1, 0.15) is 13.8 Å². The highest BCUT2D eigenvalue weighted by atomic mass is 16.4. The second kappa shape index (κ2) is 3.25. The molecule has 9 heavy (non-hydrogen) atoms. The second-order valence-electron chi connectivity index (χ2n) is 1.87. The zero-order valence-electron chi connectivity index (χ0n) is 5.51. The van der Waals surface area contributed by atoms with Gasteiger partial charge in [-0.3, -0.25) is 0 Å². The van der Waals surface area contributed by atoms with Crippen molar-refractivity contribution in [3.05, 3.63) is 11.1 Å². The third kappa shape index (κ3) is 2.28. The van der Waals surface area contributed by atoms with Gasteiger partial charge in [-0.05, 0) is 19.4 Å². The van der Waals surface area contributed by atoms with Gasteiger partial charge in [-0.1, -0.05) is 0 Å². The van der Waals surface area contributed by atoms with Crippen molar-refractivity contribution in [1.29, 1.82) is 0 Å². The van der Waals surface area contributed by atoms with E-state index in [1.165, 1.54) is 6.92 Å². The molecule has 3 nitrogen and oxygen atoms in total. The third-order valence-electron chi connectivity index (χ3n) is 1.20. The molecule has 3 heteroatoms. The van der Waals surface area contributed by atoms with Gasteiger partial charge in [0.15, 0.2) is 0 Å². The average Bonchev–Trinajstić information content (AvgIpc) is 1.84. The van der Waals surface area contributed by atoms with Crippen LogP contribution in [0, 0.1) is 0 Å². The third-order valence-corrected chi connectivity index (χ3v) is 1.20. The van der Waals surface area contributed by atoms with Gasteiger partial charge >= 0.3 is 5.97 Å². The minimum Gasteiger partial charge on any atom is -0.478 e. The lowest BCUT2D eigenvalue weighted by atomic mass is 10.2. The predicted octanol–water partition coefficient (Wildman–Crippen LogP) is 0.400. The Bertz CT molecular complexity index is 146. The molecule has 0 aliphatic carbocycles. The van der Waals surface area contributed by atoms with Gasteiger partial charge in [0.2, 0.25) is 0 Å². The van der Waals surface area contributed by atoms with Crippen LogP contribution in [0.25, 0.3) is 0 Å². The first kappa shape index (κ1) is 8.17. The topological polar surface area (TPSA) is 57.5 Å². The van der Waals surface area contributed by atoms with E-state index in [4.69, 9.17) is 10.2 Å². The minimum absolute atomic E-state index is 0.182. The fourth-order valence-electron chi connectivity index (χ4n) is 0.301. The lowest BCUT2D eigenvalue weighted by molar-refractivity contribution is -0.132. The predicted molar refractivity (Wildman–Crippen MR) is 33.1 cm³/mol. The Morgan fingerprint density at radius 3 is 2.00 bits per heavy atom. The van der Waals surface area contributed by atoms with Crippen molar-refractivity contribution < 1.29 is 15.0 Å². The van der Waals surface area contributed by atoms with E-state index in [1.807, 2.05) is 0 Å². The molecule has 0 aromatic carbocycles. The molecular weight excluding hydrogens is 120 g/mol. The van der Waals surface area contributed by atoms with E-state index < -0.39 is 5.97 Å². The Hall–Kier alpha value is -0.830. The van der Waals surface area contributed by atoms with Gasteiger partial charge in [-0.2, -0.15) is 0 Å². The van der Waals surface area contributed by atoms with Crippen LogP contribution in [0.2, 0.25) is 0 Å². The number of hydrogen-bond donors (Lipinski definition) is 2. The summed E-state index contributed by atoms with van der Waals surface area (Å²) in [6.07, 6.45) is 0. The van der Waals surface area contributed by atoms with Crippen LogP contribution in [-0.4, -0.2) is 22.8 Å². The van der Waals surface area contributed by atoms with E-state index in [1.54, 1.807) is 6.92 Å². The smallest absolute Gasteiger partial charge is 0.331 e. The quantitative estimate of drug-likeness (QED) is 0.532. The van der Waals surface area contributed by atoms with E-state index in [9.17, 15) is 4.79 Å². The maximum Gasteiger partial charge on any atom is 0.331 e. The highest BCUT2D eigenvalue weighted by molar-refractivity contribution is 5.86. The normalized spacial score (nSPS) is 12.8. The van der Waals surface area contributed by atoms with Gasteiger partial charge in [0.1, 0.15) is 0 Å². The van der Waals surface area contributed by atoms with Gasteiger partial charge in [-0.15, -0.1) is 0 Å². The van der Waals surface area contributed by atoms with Crippen molar-refractivity contribution in [3.63, 3.8) is 0 Å². The largest absolute Gasteiger partial charge is 0.478 e. The van der Waals surface area contributed by atoms with Crippen LogP contribution >= 0.6 is 0 Å². The van der Waals surface area contributed by atoms with Crippen molar-refractivity contribution in [3.8, 4) is 0 Å². The molecule has 0 saturated carbocycles. The number of aliphatic hydroxyl groups is 1. The lowest BCUT2D eigenvalue weighted by Crippen LogP contribution is -2.01. The van der Waals surface area contributed by atoms with Crippen LogP contribution in [0.4, 0.5) is 0 Å². The first-order valence-corrected chi connectivity index (χ1v) is 2.60. The second-order valence-corrected chi connectivity index (χ2v) is 1.87. The van der Waals surface area contributed by atoms with Crippen LogP contribution in [-0.2, 0) is 4.79 Å². The lowest BCUT2D eigenvalue weighted by Gasteiger charge is -1.96. The Labute approximate surface area is 53.6 Å². The number of rotatable bonds is 2. The molecule has 52 valence electrons. The standard InChI is InChI=1S/C6H10O3/c1-4(3-7)5(2)6(8)9/h7H,3H2,1-2H3,(H,8,9)/b5-4+. The molecule has 0 spiro atoms. The molecule has 2 N–H and O–H groups in total.